The summed E-state index contributed by atoms with van der Waals surface area (Å²) in [5.41, 5.74) is 6.67. The SMILES string of the molecule is CCCCNC(N)=NCc1ccc(S(=O)(=O)NCC(C)C)cc1.I. The van der Waals surface area contributed by atoms with Crippen molar-refractivity contribution in [2.45, 2.75) is 45.1 Å². The third-order valence-corrected chi connectivity index (χ3v) is 4.62. The number of hydrogen-bond donors (Lipinski definition) is 3. The minimum atomic E-state index is -3.44. The molecule has 6 nitrogen and oxygen atoms in total. The van der Waals surface area contributed by atoms with Gasteiger partial charge in [0.2, 0.25) is 10.0 Å². The smallest absolute Gasteiger partial charge is 0.240 e. The van der Waals surface area contributed by atoms with E-state index in [9.17, 15) is 8.42 Å². The maximum atomic E-state index is 12.1. The first-order chi connectivity index (χ1) is 10.8. The molecule has 0 aliphatic carbocycles. The van der Waals surface area contributed by atoms with Crippen molar-refractivity contribution in [2.24, 2.45) is 16.6 Å². The number of aliphatic imine (C=N–C) groups is 1. The van der Waals surface area contributed by atoms with Crippen LogP contribution in [0.15, 0.2) is 34.2 Å². The standard InChI is InChI=1S/C16H28N4O2S.HI/c1-4-5-10-18-16(17)19-12-14-6-8-15(9-7-14)23(21,22)20-11-13(2)3;/h6-9,13,20H,4-5,10-12H2,1-3H3,(H3,17,18,19);1H. The van der Waals surface area contributed by atoms with Crippen LogP contribution in [-0.4, -0.2) is 27.5 Å². The van der Waals surface area contributed by atoms with Gasteiger partial charge < -0.3 is 11.1 Å². The number of nitrogens with two attached hydrogens (primary N) is 1. The van der Waals surface area contributed by atoms with Gasteiger partial charge in [-0.3, -0.25) is 0 Å². The largest absolute Gasteiger partial charge is 0.370 e. The third-order valence-electron chi connectivity index (χ3n) is 3.18. The number of nitrogens with zero attached hydrogens (tertiary/aromatic N) is 1. The van der Waals surface area contributed by atoms with Crippen LogP contribution in [0.2, 0.25) is 0 Å². The van der Waals surface area contributed by atoms with E-state index in [0.717, 1.165) is 24.9 Å². The fraction of sp³-hybridized carbons (Fsp3) is 0.562. The zero-order valence-electron chi connectivity index (χ0n) is 14.6. The molecule has 1 aromatic rings. The number of sulfonamides is 1. The quantitative estimate of drug-likeness (QED) is 0.225. The van der Waals surface area contributed by atoms with Crippen molar-refractivity contribution in [2.75, 3.05) is 13.1 Å². The topological polar surface area (TPSA) is 96.6 Å². The van der Waals surface area contributed by atoms with E-state index in [-0.39, 0.29) is 34.8 Å². The van der Waals surface area contributed by atoms with Crippen molar-refractivity contribution in [1.29, 1.82) is 0 Å². The summed E-state index contributed by atoms with van der Waals surface area (Å²) in [4.78, 5) is 4.50. The lowest BCUT2D eigenvalue weighted by Gasteiger charge is -2.09. The Morgan fingerprint density at radius 3 is 2.42 bits per heavy atom. The number of hydrogen-bond acceptors (Lipinski definition) is 3. The molecule has 0 aromatic heterocycles. The second-order valence-electron chi connectivity index (χ2n) is 5.87. The predicted molar refractivity (Wildman–Crippen MR) is 110 cm³/mol. The van der Waals surface area contributed by atoms with E-state index in [1.807, 2.05) is 13.8 Å². The Balaban J connectivity index is 0.00000529. The maximum absolute atomic E-state index is 12.1. The lowest BCUT2D eigenvalue weighted by Crippen LogP contribution is -2.32. The van der Waals surface area contributed by atoms with Crippen LogP contribution in [0, 0.1) is 5.92 Å². The zero-order valence-corrected chi connectivity index (χ0v) is 17.7. The molecule has 0 spiro atoms. The Morgan fingerprint density at radius 1 is 1.25 bits per heavy atom. The maximum Gasteiger partial charge on any atom is 0.240 e. The van der Waals surface area contributed by atoms with Crippen LogP contribution in [0.25, 0.3) is 0 Å². The number of unbranched alkanes of at least 4 members (excludes halogenated alkanes) is 1. The van der Waals surface area contributed by atoms with Gasteiger partial charge in [0.1, 0.15) is 0 Å². The van der Waals surface area contributed by atoms with E-state index in [2.05, 4.69) is 22.0 Å². The van der Waals surface area contributed by atoms with E-state index in [0.29, 0.717) is 19.0 Å². The average Bonchev–Trinajstić information content (AvgIpc) is 2.52. The molecule has 0 saturated carbocycles. The van der Waals surface area contributed by atoms with Crippen LogP contribution in [0.1, 0.15) is 39.2 Å². The van der Waals surface area contributed by atoms with Crippen molar-refractivity contribution in [3.8, 4) is 0 Å². The van der Waals surface area contributed by atoms with Crippen molar-refractivity contribution < 1.29 is 8.42 Å². The predicted octanol–water partition coefficient (Wildman–Crippen LogP) is 2.44. The fourth-order valence-electron chi connectivity index (χ4n) is 1.76. The van der Waals surface area contributed by atoms with Crippen LogP contribution < -0.4 is 15.8 Å². The highest BCUT2D eigenvalue weighted by Crippen LogP contribution is 2.11. The van der Waals surface area contributed by atoms with Gasteiger partial charge in [-0.25, -0.2) is 18.1 Å². The molecule has 0 saturated heterocycles. The number of rotatable bonds is 9. The van der Waals surface area contributed by atoms with Crippen molar-refractivity contribution in [1.82, 2.24) is 10.0 Å². The molecule has 24 heavy (non-hydrogen) atoms. The molecule has 0 atom stereocenters. The van der Waals surface area contributed by atoms with E-state index >= 15 is 0 Å². The van der Waals surface area contributed by atoms with Crippen LogP contribution >= 0.6 is 24.0 Å². The molecule has 0 aliphatic rings. The molecule has 1 rings (SSSR count). The molecule has 0 bridgehead atoms. The van der Waals surface area contributed by atoms with Gasteiger partial charge in [0.15, 0.2) is 5.96 Å². The molecule has 138 valence electrons. The summed E-state index contributed by atoms with van der Waals surface area (Å²) < 4.78 is 26.8. The highest BCUT2D eigenvalue weighted by Gasteiger charge is 2.13. The zero-order chi connectivity index (χ0) is 17.3. The van der Waals surface area contributed by atoms with Crippen LogP contribution in [0.3, 0.4) is 0 Å². The fourth-order valence-corrected chi connectivity index (χ4v) is 2.97. The first-order valence-electron chi connectivity index (χ1n) is 7.97. The van der Waals surface area contributed by atoms with Crippen LogP contribution in [0.5, 0.6) is 0 Å². The van der Waals surface area contributed by atoms with E-state index in [1.54, 1.807) is 24.3 Å². The molecule has 0 unspecified atom stereocenters. The Kier molecular flexibility index (Phi) is 11.2. The summed E-state index contributed by atoms with van der Waals surface area (Å²) in [7, 11) is -3.44. The lowest BCUT2D eigenvalue weighted by atomic mass is 10.2. The summed E-state index contributed by atoms with van der Waals surface area (Å²) in [5.74, 6) is 0.676. The molecule has 1 aromatic carbocycles. The summed E-state index contributed by atoms with van der Waals surface area (Å²) in [5, 5.41) is 3.04. The monoisotopic (exact) mass is 468 g/mol. The number of guanidine groups is 1. The highest BCUT2D eigenvalue weighted by atomic mass is 127. The van der Waals surface area contributed by atoms with Gasteiger partial charge in [-0.15, -0.1) is 24.0 Å². The van der Waals surface area contributed by atoms with E-state index < -0.39 is 10.0 Å². The molecule has 4 N–H and O–H groups in total. The van der Waals surface area contributed by atoms with Gasteiger partial charge >= 0.3 is 0 Å². The van der Waals surface area contributed by atoms with E-state index in [1.165, 1.54) is 0 Å². The Bertz CT molecular complexity index is 601. The number of benzene rings is 1. The van der Waals surface area contributed by atoms with Gasteiger partial charge in [-0.1, -0.05) is 39.3 Å². The van der Waals surface area contributed by atoms with Crippen molar-refractivity contribution in [3.05, 3.63) is 29.8 Å². The van der Waals surface area contributed by atoms with Gasteiger partial charge in [0, 0.05) is 13.1 Å². The Labute approximate surface area is 162 Å². The average molecular weight is 468 g/mol. The molecular formula is C16H29IN4O2S. The highest BCUT2D eigenvalue weighted by molar-refractivity contribution is 14.0. The normalized spacial score (nSPS) is 12.1. The Morgan fingerprint density at radius 2 is 1.88 bits per heavy atom. The second kappa shape index (κ2) is 11.6. The van der Waals surface area contributed by atoms with Gasteiger partial charge in [0.05, 0.1) is 11.4 Å². The summed E-state index contributed by atoms with van der Waals surface area (Å²) >= 11 is 0. The molecule has 0 radical (unpaired) electrons. The van der Waals surface area contributed by atoms with Gasteiger partial charge in [0.25, 0.3) is 0 Å². The van der Waals surface area contributed by atoms with Crippen molar-refractivity contribution in [3.63, 3.8) is 0 Å². The minimum Gasteiger partial charge on any atom is -0.370 e. The molecule has 0 fully saturated rings. The molecule has 0 heterocycles. The van der Waals surface area contributed by atoms with Crippen LogP contribution in [0.4, 0.5) is 0 Å². The second-order valence-corrected chi connectivity index (χ2v) is 7.64. The molecule has 0 aliphatic heterocycles. The molecule has 8 heteroatoms. The minimum absolute atomic E-state index is 0. The van der Waals surface area contributed by atoms with E-state index in [4.69, 9.17) is 5.73 Å². The van der Waals surface area contributed by atoms with Crippen molar-refractivity contribution >= 4 is 40.0 Å². The summed E-state index contributed by atoms with van der Waals surface area (Å²) in [6, 6.07) is 6.70. The molecule has 0 amide bonds. The lowest BCUT2D eigenvalue weighted by molar-refractivity contribution is 0.560. The summed E-state index contributed by atoms with van der Waals surface area (Å²) in [6.07, 6.45) is 2.15. The van der Waals surface area contributed by atoms with Crippen LogP contribution in [-0.2, 0) is 16.6 Å². The first-order valence-corrected chi connectivity index (χ1v) is 9.46. The molecular weight excluding hydrogens is 439 g/mol. The van der Waals surface area contributed by atoms with Gasteiger partial charge in [-0.2, -0.15) is 0 Å². The number of nitrogens with one attached hydrogen (secondary N) is 2. The Hall–Kier alpha value is -0.870. The third kappa shape index (κ3) is 8.84. The first kappa shape index (κ1) is 23.1. The van der Waals surface area contributed by atoms with Gasteiger partial charge in [-0.05, 0) is 30.0 Å². The number of halogens is 1. The summed E-state index contributed by atoms with van der Waals surface area (Å²) in [6.45, 7) is 7.69.